The molecule has 1 aromatic heterocycles. The number of rotatable bonds is 9. The first kappa shape index (κ1) is 20.4. The number of aryl methyl sites for hydroxylation is 1. The lowest BCUT2D eigenvalue weighted by Crippen LogP contribution is -2.50. The third-order valence-corrected chi connectivity index (χ3v) is 4.95. The van der Waals surface area contributed by atoms with Crippen LogP contribution in [0.5, 0.6) is 0 Å². The molecule has 0 saturated carbocycles. The normalized spacial score (nSPS) is 17.8. The highest BCUT2D eigenvalue weighted by molar-refractivity contribution is 5.86. The van der Waals surface area contributed by atoms with Gasteiger partial charge in [-0.25, -0.2) is 10.4 Å². The molecule has 2 heterocycles. The Labute approximate surface area is 156 Å². The Kier molecular flexibility index (Phi) is 7.59. The third kappa shape index (κ3) is 5.28. The van der Waals surface area contributed by atoms with E-state index in [2.05, 4.69) is 40.4 Å². The van der Waals surface area contributed by atoms with Gasteiger partial charge in [-0.3, -0.25) is 14.7 Å². The minimum Gasteiger partial charge on any atom is -0.410 e. The summed E-state index contributed by atoms with van der Waals surface area (Å²) in [5.74, 6) is 3.52. The highest BCUT2D eigenvalue weighted by Crippen LogP contribution is 2.16. The molecule has 2 atom stereocenters. The minimum atomic E-state index is 0.0758. The number of likely N-dealkylation sites (N-methyl/N-ethyl adjacent to an activating group) is 1. The Bertz CT molecular complexity index is 625. The second-order valence-corrected chi connectivity index (χ2v) is 6.80. The number of hydrazine groups is 1. The van der Waals surface area contributed by atoms with E-state index >= 15 is 0 Å². The molecule has 0 aliphatic carbocycles. The maximum atomic E-state index is 5.73. The molecule has 1 aliphatic heterocycles. The van der Waals surface area contributed by atoms with Crippen molar-refractivity contribution in [1.82, 2.24) is 30.3 Å². The van der Waals surface area contributed by atoms with Crippen molar-refractivity contribution in [2.45, 2.75) is 46.1 Å². The standard InChI is InChI=1S/C18H33N7O/c1-7-16(12-17-20-13-22-23(17)5)8-10-21-24(6)18(19-4)15(3)25-11-9-14(2)26-25/h9,13,15-16,21H,7-8,10-12H2,1-6H3. The zero-order valence-corrected chi connectivity index (χ0v) is 16.9. The topological polar surface area (TPSA) is 70.8 Å². The lowest BCUT2D eigenvalue weighted by molar-refractivity contribution is -0.104. The molecule has 1 aromatic rings. The largest absolute Gasteiger partial charge is 0.410 e. The fourth-order valence-electron chi connectivity index (χ4n) is 3.19. The number of hydrogen-bond acceptors (Lipinski definition) is 6. The Morgan fingerprint density at radius 3 is 2.81 bits per heavy atom. The van der Waals surface area contributed by atoms with Crippen LogP contribution in [0, 0.1) is 5.92 Å². The van der Waals surface area contributed by atoms with E-state index in [0.717, 1.165) is 49.8 Å². The van der Waals surface area contributed by atoms with Gasteiger partial charge in [0.1, 0.15) is 29.8 Å². The Hall–Kier alpha value is -1.93. The summed E-state index contributed by atoms with van der Waals surface area (Å²) in [5, 5.41) is 8.11. The van der Waals surface area contributed by atoms with E-state index in [1.165, 1.54) is 0 Å². The lowest BCUT2D eigenvalue weighted by atomic mass is 9.98. The van der Waals surface area contributed by atoms with Crippen LogP contribution >= 0.6 is 0 Å². The number of nitrogens with one attached hydrogen (secondary N) is 1. The molecule has 0 bridgehead atoms. The number of hydrogen-bond donors (Lipinski definition) is 1. The molecule has 26 heavy (non-hydrogen) atoms. The Balaban J connectivity index is 1.80. The molecule has 8 nitrogen and oxygen atoms in total. The van der Waals surface area contributed by atoms with E-state index in [4.69, 9.17) is 4.84 Å². The van der Waals surface area contributed by atoms with Gasteiger partial charge in [-0.15, -0.1) is 5.06 Å². The first-order valence-electron chi connectivity index (χ1n) is 9.34. The number of hydroxylamine groups is 2. The molecule has 0 radical (unpaired) electrons. The van der Waals surface area contributed by atoms with Crippen molar-refractivity contribution in [3.8, 4) is 0 Å². The van der Waals surface area contributed by atoms with Crippen LogP contribution in [-0.2, 0) is 18.3 Å². The summed E-state index contributed by atoms with van der Waals surface area (Å²) in [6.07, 6.45) is 6.85. The predicted octanol–water partition coefficient (Wildman–Crippen LogP) is 1.78. The van der Waals surface area contributed by atoms with Crippen molar-refractivity contribution in [2.24, 2.45) is 18.0 Å². The number of amidine groups is 1. The van der Waals surface area contributed by atoms with Crippen molar-refractivity contribution < 1.29 is 4.84 Å². The number of aromatic nitrogens is 3. The second kappa shape index (κ2) is 9.68. The van der Waals surface area contributed by atoms with E-state index in [-0.39, 0.29) is 6.04 Å². The predicted molar refractivity (Wildman–Crippen MR) is 103 cm³/mol. The zero-order valence-electron chi connectivity index (χ0n) is 16.9. The van der Waals surface area contributed by atoms with Crippen molar-refractivity contribution in [3.05, 3.63) is 24.0 Å². The van der Waals surface area contributed by atoms with Crippen molar-refractivity contribution in [2.75, 3.05) is 27.2 Å². The van der Waals surface area contributed by atoms with E-state index in [9.17, 15) is 0 Å². The van der Waals surface area contributed by atoms with E-state index in [1.54, 1.807) is 6.33 Å². The molecule has 0 spiro atoms. The quantitative estimate of drug-likeness (QED) is 0.410. The van der Waals surface area contributed by atoms with Gasteiger partial charge < -0.3 is 4.84 Å². The van der Waals surface area contributed by atoms with E-state index in [0.29, 0.717) is 5.92 Å². The van der Waals surface area contributed by atoms with Crippen LogP contribution in [0.25, 0.3) is 0 Å². The van der Waals surface area contributed by atoms with E-state index < -0.39 is 0 Å². The molecule has 0 saturated heterocycles. The van der Waals surface area contributed by atoms with Gasteiger partial charge in [0.15, 0.2) is 0 Å². The smallest absolute Gasteiger partial charge is 0.138 e. The average molecular weight is 364 g/mol. The molecule has 1 N–H and O–H groups in total. The Morgan fingerprint density at radius 1 is 1.50 bits per heavy atom. The second-order valence-electron chi connectivity index (χ2n) is 6.80. The third-order valence-electron chi connectivity index (χ3n) is 4.95. The van der Waals surface area contributed by atoms with Gasteiger partial charge in [-0.2, -0.15) is 5.10 Å². The molecule has 0 fully saturated rings. The lowest BCUT2D eigenvalue weighted by Gasteiger charge is -2.31. The zero-order chi connectivity index (χ0) is 19.1. The maximum Gasteiger partial charge on any atom is 0.138 e. The molecule has 0 amide bonds. The van der Waals surface area contributed by atoms with Crippen LogP contribution in [0.2, 0.25) is 0 Å². The summed E-state index contributed by atoms with van der Waals surface area (Å²) < 4.78 is 1.86. The monoisotopic (exact) mass is 363 g/mol. The van der Waals surface area contributed by atoms with Gasteiger partial charge in [0, 0.05) is 34.1 Å². The van der Waals surface area contributed by atoms with Crippen molar-refractivity contribution in [3.63, 3.8) is 0 Å². The molecule has 2 unspecified atom stereocenters. The van der Waals surface area contributed by atoms with E-state index in [1.807, 2.05) is 42.8 Å². The summed E-state index contributed by atoms with van der Waals surface area (Å²) in [6, 6.07) is 0.0758. The first-order valence-corrected chi connectivity index (χ1v) is 9.34. The fourth-order valence-corrected chi connectivity index (χ4v) is 3.19. The molecule has 1 aliphatic rings. The molecule has 0 aromatic carbocycles. The van der Waals surface area contributed by atoms with Gasteiger partial charge in [-0.1, -0.05) is 13.3 Å². The van der Waals surface area contributed by atoms with Crippen LogP contribution in [0.3, 0.4) is 0 Å². The van der Waals surface area contributed by atoms with Crippen LogP contribution in [-0.4, -0.2) is 63.9 Å². The SMILES string of the molecule is CCC(CCNN(C)C(=NC)C(C)N1CC=C(C)O1)Cc1ncnn1C. The van der Waals surface area contributed by atoms with Gasteiger partial charge in [0.2, 0.25) is 0 Å². The van der Waals surface area contributed by atoms with Gasteiger partial charge >= 0.3 is 0 Å². The molecular weight excluding hydrogens is 330 g/mol. The van der Waals surface area contributed by atoms with Crippen LogP contribution in [0.1, 0.15) is 39.4 Å². The molecular formula is C18H33N7O. The molecule has 2 rings (SSSR count). The maximum absolute atomic E-state index is 5.73. The average Bonchev–Trinajstić information content (AvgIpc) is 3.23. The summed E-state index contributed by atoms with van der Waals surface area (Å²) in [7, 11) is 5.78. The summed E-state index contributed by atoms with van der Waals surface area (Å²) in [6.45, 7) is 7.98. The van der Waals surface area contributed by atoms with Crippen LogP contribution in [0.15, 0.2) is 23.2 Å². The number of nitrogens with zero attached hydrogens (tertiary/aromatic N) is 6. The highest BCUT2D eigenvalue weighted by Gasteiger charge is 2.26. The van der Waals surface area contributed by atoms with Gasteiger partial charge in [-0.05, 0) is 32.3 Å². The van der Waals surface area contributed by atoms with Gasteiger partial charge in [0.25, 0.3) is 0 Å². The van der Waals surface area contributed by atoms with Crippen LogP contribution < -0.4 is 5.43 Å². The fraction of sp³-hybridized carbons (Fsp3) is 0.722. The van der Waals surface area contributed by atoms with Gasteiger partial charge in [0.05, 0.1) is 6.54 Å². The number of aliphatic imine (C=N–C) groups is 1. The van der Waals surface area contributed by atoms with Crippen LogP contribution in [0.4, 0.5) is 0 Å². The first-order chi connectivity index (χ1) is 12.5. The summed E-state index contributed by atoms with van der Waals surface area (Å²) >= 11 is 0. The van der Waals surface area contributed by atoms with Crippen molar-refractivity contribution >= 4 is 5.84 Å². The summed E-state index contributed by atoms with van der Waals surface area (Å²) in [4.78, 5) is 14.5. The number of allylic oxidation sites excluding steroid dienone is 1. The highest BCUT2D eigenvalue weighted by atomic mass is 16.7. The Morgan fingerprint density at radius 2 is 2.27 bits per heavy atom. The molecule has 8 heteroatoms. The summed E-state index contributed by atoms with van der Waals surface area (Å²) in [5.41, 5.74) is 3.47. The molecule has 146 valence electrons. The van der Waals surface area contributed by atoms with Crippen molar-refractivity contribution in [1.29, 1.82) is 0 Å². The minimum absolute atomic E-state index is 0.0758.